The summed E-state index contributed by atoms with van der Waals surface area (Å²) in [6.45, 7) is 9.12. The number of amides is 2. The molecule has 0 atom stereocenters. The molecular formula is C21H29N3O3. The van der Waals surface area contributed by atoms with E-state index in [-0.39, 0.29) is 18.4 Å². The summed E-state index contributed by atoms with van der Waals surface area (Å²) in [7, 11) is 3.30. The van der Waals surface area contributed by atoms with E-state index >= 15 is 0 Å². The Labute approximate surface area is 161 Å². The maximum Gasteiger partial charge on any atom is 0.255 e. The van der Waals surface area contributed by atoms with Crippen LogP contribution in [-0.4, -0.2) is 60.0 Å². The van der Waals surface area contributed by atoms with Gasteiger partial charge in [-0.15, -0.1) is 0 Å². The van der Waals surface area contributed by atoms with Crippen molar-refractivity contribution >= 4 is 11.8 Å². The lowest BCUT2D eigenvalue weighted by Crippen LogP contribution is -2.41. The Morgan fingerprint density at radius 3 is 2.19 bits per heavy atom. The number of methoxy groups -OCH3 is 1. The van der Waals surface area contributed by atoms with E-state index in [0.717, 1.165) is 22.8 Å². The molecule has 27 heavy (non-hydrogen) atoms. The van der Waals surface area contributed by atoms with Gasteiger partial charge in [-0.05, 0) is 58.0 Å². The fraction of sp³-hybridized carbons (Fsp3) is 0.429. The summed E-state index contributed by atoms with van der Waals surface area (Å²) in [5.74, 6) is 0.593. The summed E-state index contributed by atoms with van der Waals surface area (Å²) in [6, 6.07) is 9.58. The molecule has 0 bridgehead atoms. The number of ether oxygens (including phenoxy) is 1. The van der Waals surface area contributed by atoms with E-state index in [0.29, 0.717) is 18.7 Å². The van der Waals surface area contributed by atoms with E-state index in [2.05, 4.69) is 0 Å². The Kier molecular flexibility index (Phi) is 6.66. The predicted octanol–water partition coefficient (Wildman–Crippen LogP) is 3.04. The van der Waals surface area contributed by atoms with Gasteiger partial charge in [-0.1, -0.05) is 0 Å². The molecule has 0 N–H and O–H groups in total. The van der Waals surface area contributed by atoms with Crippen LogP contribution in [0.4, 0.5) is 0 Å². The summed E-state index contributed by atoms with van der Waals surface area (Å²) >= 11 is 0. The quantitative estimate of drug-likeness (QED) is 0.752. The van der Waals surface area contributed by atoms with Crippen LogP contribution in [0.2, 0.25) is 0 Å². The van der Waals surface area contributed by atoms with Crippen molar-refractivity contribution < 1.29 is 14.3 Å². The van der Waals surface area contributed by atoms with Crippen molar-refractivity contribution in [2.75, 3.05) is 33.8 Å². The number of likely N-dealkylation sites (N-methyl/N-ethyl adjacent to an activating group) is 2. The third-order valence-electron chi connectivity index (χ3n) is 4.83. The number of hydrogen-bond acceptors (Lipinski definition) is 3. The monoisotopic (exact) mass is 371 g/mol. The van der Waals surface area contributed by atoms with E-state index in [1.54, 1.807) is 19.1 Å². The van der Waals surface area contributed by atoms with Crippen molar-refractivity contribution in [3.63, 3.8) is 0 Å². The molecular weight excluding hydrogens is 342 g/mol. The molecule has 0 saturated heterocycles. The normalized spacial score (nSPS) is 10.6. The second-order valence-electron chi connectivity index (χ2n) is 6.55. The zero-order valence-corrected chi connectivity index (χ0v) is 17.1. The summed E-state index contributed by atoms with van der Waals surface area (Å²) in [5.41, 5.74) is 3.39. The minimum Gasteiger partial charge on any atom is -0.497 e. The molecule has 6 heteroatoms. The van der Waals surface area contributed by atoms with Gasteiger partial charge < -0.3 is 19.1 Å². The summed E-state index contributed by atoms with van der Waals surface area (Å²) in [4.78, 5) is 28.4. The molecule has 1 heterocycles. The predicted molar refractivity (Wildman–Crippen MR) is 107 cm³/mol. The van der Waals surface area contributed by atoms with Crippen LogP contribution in [0.25, 0.3) is 5.69 Å². The molecule has 2 aromatic rings. The number of hydrogen-bond donors (Lipinski definition) is 0. The van der Waals surface area contributed by atoms with E-state index in [9.17, 15) is 9.59 Å². The molecule has 0 aliphatic heterocycles. The second-order valence-corrected chi connectivity index (χ2v) is 6.55. The Morgan fingerprint density at radius 1 is 1.07 bits per heavy atom. The highest BCUT2D eigenvalue weighted by Crippen LogP contribution is 2.23. The minimum atomic E-state index is -0.150. The van der Waals surface area contributed by atoms with Crippen molar-refractivity contribution in [1.29, 1.82) is 0 Å². The van der Waals surface area contributed by atoms with Crippen LogP contribution >= 0.6 is 0 Å². The summed E-state index contributed by atoms with van der Waals surface area (Å²) in [6.07, 6.45) is 0. The lowest BCUT2D eigenvalue weighted by molar-refractivity contribution is -0.131. The van der Waals surface area contributed by atoms with Crippen molar-refractivity contribution in [3.8, 4) is 11.4 Å². The third-order valence-corrected chi connectivity index (χ3v) is 4.83. The first-order valence-corrected chi connectivity index (χ1v) is 9.20. The number of carbonyl (C=O) groups is 2. The van der Waals surface area contributed by atoms with Gasteiger partial charge in [-0.3, -0.25) is 9.59 Å². The lowest BCUT2D eigenvalue weighted by Gasteiger charge is -2.23. The highest BCUT2D eigenvalue weighted by atomic mass is 16.5. The number of carbonyl (C=O) groups excluding carboxylic acids is 2. The van der Waals surface area contributed by atoms with E-state index < -0.39 is 0 Å². The summed E-state index contributed by atoms with van der Waals surface area (Å²) < 4.78 is 7.24. The molecule has 2 amide bonds. The highest BCUT2D eigenvalue weighted by Gasteiger charge is 2.22. The number of nitrogens with zero attached hydrogens (tertiary/aromatic N) is 3. The van der Waals surface area contributed by atoms with E-state index in [1.807, 2.05) is 62.6 Å². The molecule has 0 aliphatic rings. The SMILES string of the molecule is CCN(CC)C(=O)CN(C)C(=O)c1cc(C)n(-c2ccc(OC)cc2)c1C. The third kappa shape index (κ3) is 4.32. The van der Waals surface area contributed by atoms with Crippen LogP contribution < -0.4 is 4.74 Å². The maximum absolute atomic E-state index is 12.9. The molecule has 0 aliphatic carbocycles. The van der Waals surface area contributed by atoms with Crippen LogP contribution in [-0.2, 0) is 4.79 Å². The van der Waals surface area contributed by atoms with Gasteiger partial charge in [0.05, 0.1) is 19.2 Å². The van der Waals surface area contributed by atoms with Crippen molar-refractivity contribution in [1.82, 2.24) is 14.4 Å². The van der Waals surface area contributed by atoms with Crippen LogP contribution in [0.15, 0.2) is 30.3 Å². The molecule has 0 saturated carbocycles. The standard InChI is InChI=1S/C21H29N3O3/c1-7-23(8-2)20(25)14-22(5)21(26)19-13-15(3)24(16(19)4)17-9-11-18(27-6)12-10-17/h9-13H,7-8,14H2,1-6H3. The minimum absolute atomic E-state index is 0.0418. The molecule has 146 valence electrons. The maximum atomic E-state index is 12.9. The smallest absolute Gasteiger partial charge is 0.255 e. The number of aryl methyl sites for hydroxylation is 1. The van der Waals surface area contributed by atoms with Gasteiger partial charge in [0.25, 0.3) is 5.91 Å². The van der Waals surface area contributed by atoms with Crippen molar-refractivity contribution in [2.45, 2.75) is 27.7 Å². The zero-order valence-electron chi connectivity index (χ0n) is 17.1. The topological polar surface area (TPSA) is 54.8 Å². The van der Waals surface area contributed by atoms with Crippen LogP contribution in [0.5, 0.6) is 5.75 Å². The van der Waals surface area contributed by atoms with Gasteiger partial charge in [0.2, 0.25) is 5.91 Å². The molecule has 1 aromatic heterocycles. The first-order chi connectivity index (χ1) is 12.8. The fourth-order valence-corrected chi connectivity index (χ4v) is 3.26. The first kappa shape index (κ1) is 20.6. The lowest BCUT2D eigenvalue weighted by atomic mass is 10.2. The Balaban J connectivity index is 2.26. The fourth-order valence-electron chi connectivity index (χ4n) is 3.26. The molecule has 1 aromatic carbocycles. The molecule has 6 nitrogen and oxygen atoms in total. The van der Waals surface area contributed by atoms with Gasteiger partial charge in [-0.25, -0.2) is 0 Å². The molecule has 0 unspecified atom stereocenters. The first-order valence-electron chi connectivity index (χ1n) is 9.20. The van der Waals surface area contributed by atoms with Gasteiger partial charge in [0.1, 0.15) is 5.75 Å². The number of rotatable bonds is 7. The zero-order chi connectivity index (χ0) is 20.1. The van der Waals surface area contributed by atoms with E-state index in [1.165, 1.54) is 4.90 Å². The Hall–Kier alpha value is -2.76. The molecule has 0 spiro atoms. The molecule has 2 rings (SSSR count). The highest BCUT2D eigenvalue weighted by molar-refractivity contribution is 5.97. The van der Waals surface area contributed by atoms with Gasteiger partial charge in [0, 0.05) is 37.2 Å². The largest absolute Gasteiger partial charge is 0.497 e. The number of benzene rings is 1. The Bertz CT molecular complexity index is 805. The number of aromatic nitrogens is 1. The van der Waals surface area contributed by atoms with Crippen molar-refractivity contribution in [2.24, 2.45) is 0 Å². The van der Waals surface area contributed by atoms with Crippen molar-refractivity contribution in [3.05, 3.63) is 47.3 Å². The van der Waals surface area contributed by atoms with Crippen LogP contribution in [0.3, 0.4) is 0 Å². The van der Waals surface area contributed by atoms with Gasteiger partial charge in [-0.2, -0.15) is 0 Å². The van der Waals surface area contributed by atoms with Gasteiger partial charge >= 0.3 is 0 Å². The molecule has 0 radical (unpaired) electrons. The average Bonchev–Trinajstić information content (AvgIpc) is 2.96. The summed E-state index contributed by atoms with van der Waals surface area (Å²) in [5, 5.41) is 0. The second kappa shape index (κ2) is 8.75. The Morgan fingerprint density at radius 2 is 1.67 bits per heavy atom. The van der Waals surface area contributed by atoms with E-state index in [4.69, 9.17) is 4.74 Å². The molecule has 0 fully saturated rings. The van der Waals surface area contributed by atoms with Crippen LogP contribution in [0, 0.1) is 13.8 Å². The average molecular weight is 371 g/mol. The van der Waals surface area contributed by atoms with Crippen LogP contribution in [0.1, 0.15) is 35.6 Å². The van der Waals surface area contributed by atoms with Gasteiger partial charge in [0.15, 0.2) is 0 Å².